The molecule has 1 amide bonds. The van der Waals surface area contributed by atoms with Crippen LogP contribution in [0.25, 0.3) is 0 Å². The number of nitrogens with one attached hydrogen (secondary N) is 1. The molecule has 10 heteroatoms. The minimum absolute atomic E-state index is 0.0414. The van der Waals surface area contributed by atoms with Gasteiger partial charge in [0, 0.05) is 0 Å². The standard InChI is InChI=1S/C14H9Cl3N4O3/c15-8-10(18)9(16)12(17)20-11(8)13(22)21-19-5-6-1-3-7(4-2-6)14(23)24/h1-5H,(H2,18,20)(H,21,22)(H,23,24). The number of hydrogen-bond donors (Lipinski definition) is 3. The highest BCUT2D eigenvalue weighted by molar-refractivity contribution is 6.46. The Kier molecular flexibility index (Phi) is 5.61. The summed E-state index contributed by atoms with van der Waals surface area (Å²) in [5, 5.41) is 12.2. The van der Waals surface area contributed by atoms with Gasteiger partial charge in [-0.25, -0.2) is 15.2 Å². The average Bonchev–Trinajstić information content (AvgIpc) is 2.56. The van der Waals surface area contributed by atoms with E-state index in [0.29, 0.717) is 5.56 Å². The number of aromatic nitrogens is 1. The highest BCUT2D eigenvalue weighted by Crippen LogP contribution is 2.34. The van der Waals surface area contributed by atoms with Gasteiger partial charge in [0.2, 0.25) is 0 Å². The summed E-state index contributed by atoms with van der Waals surface area (Å²) in [5.74, 6) is -1.77. The van der Waals surface area contributed by atoms with Crippen molar-refractivity contribution in [1.82, 2.24) is 10.4 Å². The highest BCUT2D eigenvalue weighted by atomic mass is 35.5. The van der Waals surface area contributed by atoms with E-state index in [0.717, 1.165) is 0 Å². The first-order valence-electron chi connectivity index (χ1n) is 6.28. The maximum absolute atomic E-state index is 12.0. The number of hydrazone groups is 1. The molecule has 24 heavy (non-hydrogen) atoms. The van der Waals surface area contributed by atoms with Crippen LogP contribution in [-0.2, 0) is 0 Å². The van der Waals surface area contributed by atoms with Gasteiger partial charge in [0.25, 0.3) is 5.91 Å². The average molecular weight is 388 g/mol. The molecule has 0 radical (unpaired) electrons. The lowest BCUT2D eigenvalue weighted by Crippen LogP contribution is -2.20. The van der Waals surface area contributed by atoms with Crippen molar-refractivity contribution in [3.05, 3.63) is 56.3 Å². The molecule has 124 valence electrons. The maximum Gasteiger partial charge on any atom is 0.335 e. The number of aromatic carboxylic acids is 1. The topological polar surface area (TPSA) is 118 Å². The Bertz CT molecular complexity index is 838. The smallest absolute Gasteiger partial charge is 0.335 e. The third kappa shape index (κ3) is 3.94. The Labute approximate surface area is 151 Å². The summed E-state index contributed by atoms with van der Waals surface area (Å²) in [5.41, 5.74) is 8.27. The fourth-order valence-corrected chi connectivity index (χ4v) is 2.21. The van der Waals surface area contributed by atoms with Crippen molar-refractivity contribution in [3.63, 3.8) is 0 Å². The molecule has 0 bridgehead atoms. The Hall–Kier alpha value is -2.35. The van der Waals surface area contributed by atoms with E-state index in [1.807, 2.05) is 0 Å². The van der Waals surface area contributed by atoms with Gasteiger partial charge in [-0.15, -0.1) is 0 Å². The van der Waals surface area contributed by atoms with Crippen molar-refractivity contribution in [2.45, 2.75) is 0 Å². The SMILES string of the molecule is Nc1c(Cl)c(Cl)nc(C(=O)NN=Cc2ccc(C(=O)O)cc2)c1Cl. The van der Waals surface area contributed by atoms with Crippen LogP contribution in [-0.4, -0.2) is 28.2 Å². The molecule has 0 saturated heterocycles. The zero-order valence-corrected chi connectivity index (χ0v) is 14.0. The van der Waals surface area contributed by atoms with Gasteiger partial charge in [-0.05, 0) is 17.7 Å². The molecular formula is C14H9Cl3N4O3. The number of carbonyl (C=O) groups is 2. The summed E-state index contributed by atoms with van der Waals surface area (Å²) in [6.45, 7) is 0. The predicted molar refractivity (Wildman–Crippen MR) is 92.1 cm³/mol. The molecule has 0 fully saturated rings. The molecule has 0 spiro atoms. The van der Waals surface area contributed by atoms with Crippen LogP contribution in [0.3, 0.4) is 0 Å². The van der Waals surface area contributed by atoms with Crippen molar-refractivity contribution >= 4 is 58.6 Å². The Morgan fingerprint density at radius 1 is 1.17 bits per heavy atom. The molecule has 2 aromatic rings. The van der Waals surface area contributed by atoms with Gasteiger partial charge in [-0.2, -0.15) is 5.10 Å². The zero-order valence-electron chi connectivity index (χ0n) is 11.8. The summed E-state index contributed by atoms with van der Waals surface area (Å²) < 4.78 is 0. The van der Waals surface area contributed by atoms with Crippen molar-refractivity contribution < 1.29 is 14.7 Å². The highest BCUT2D eigenvalue weighted by Gasteiger charge is 2.19. The number of carbonyl (C=O) groups excluding carboxylic acids is 1. The number of rotatable bonds is 4. The van der Waals surface area contributed by atoms with Crippen LogP contribution >= 0.6 is 34.8 Å². The number of hydrogen-bond acceptors (Lipinski definition) is 5. The van der Waals surface area contributed by atoms with Crippen molar-refractivity contribution in [2.75, 3.05) is 5.73 Å². The molecule has 1 aromatic carbocycles. The Morgan fingerprint density at radius 2 is 1.79 bits per heavy atom. The number of nitrogen functional groups attached to an aromatic ring is 1. The number of nitrogens with two attached hydrogens (primary N) is 1. The van der Waals surface area contributed by atoms with Gasteiger partial charge >= 0.3 is 5.97 Å². The normalized spacial score (nSPS) is 10.8. The first-order chi connectivity index (χ1) is 11.3. The minimum atomic E-state index is -1.04. The van der Waals surface area contributed by atoms with E-state index >= 15 is 0 Å². The molecule has 0 atom stereocenters. The number of anilines is 1. The lowest BCUT2D eigenvalue weighted by Gasteiger charge is -2.07. The molecule has 0 unspecified atom stereocenters. The number of amides is 1. The lowest BCUT2D eigenvalue weighted by molar-refractivity contribution is 0.0696. The zero-order chi connectivity index (χ0) is 17.9. The van der Waals surface area contributed by atoms with Crippen LogP contribution in [0.5, 0.6) is 0 Å². The van der Waals surface area contributed by atoms with Gasteiger partial charge in [0.1, 0.15) is 5.02 Å². The van der Waals surface area contributed by atoms with Gasteiger partial charge in [0.05, 0.1) is 22.5 Å². The molecule has 1 aromatic heterocycles. The van der Waals surface area contributed by atoms with E-state index < -0.39 is 11.9 Å². The first-order valence-corrected chi connectivity index (χ1v) is 7.41. The van der Waals surface area contributed by atoms with Crippen molar-refractivity contribution in [1.29, 1.82) is 0 Å². The second-order valence-electron chi connectivity index (χ2n) is 4.42. The number of carboxylic acid groups (broad SMARTS) is 1. The predicted octanol–water partition coefficient (Wildman–Crippen LogP) is 3.09. The minimum Gasteiger partial charge on any atom is -0.478 e. The monoisotopic (exact) mass is 386 g/mol. The van der Waals surface area contributed by atoms with Crippen molar-refractivity contribution in [3.8, 4) is 0 Å². The van der Waals surface area contributed by atoms with Gasteiger partial charge in [-0.1, -0.05) is 46.9 Å². The summed E-state index contributed by atoms with van der Waals surface area (Å²) in [4.78, 5) is 26.5. The van der Waals surface area contributed by atoms with Crippen LogP contribution in [0, 0.1) is 0 Å². The molecular weight excluding hydrogens is 379 g/mol. The maximum atomic E-state index is 12.0. The molecule has 0 aliphatic carbocycles. The number of pyridine rings is 1. The van der Waals surface area contributed by atoms with Gasteiger partial charge in [-0.3, -0.25) is 4.79 Å². The van der Waals surface area contributed by atoms with E-state index in [1.54, 1.807) is 0 Å². The molecule has 0 aliphatic heterocycles. The fraction of sp³-hybridized carbons (Fsp3) is 0. The Morgan fingerprint density at radius 3 is 2.38 bits per heavy atom. The fourth-order valence-electron chi connectivity index (χ4n) is 1.61. The molecule has 4 N–H and O–H groups in total. The van der Waals surface area contributed by atoms with Crippen molar-refractivity contribution in [2.24, 2.45) is 5.10 Å². The van der Waals surface area contributed by atoms with Gasteiger partial charge in [0.15, 0.2) is 10.8 Å². The van der Waals surface area contributed by atoms with E-state index in [2.05, 4.69) is 15.5 Å². The van der Waals surface area contributed by atoms with Gasteiger partial charge < -0.3 is 10.8 Å². The second kappa shape index (κ2) is 7.48. The van der Waals surface area contributed by atoms with E-state index in [4.69, 9.17) is 45.6 Å². The molecule has 1 heterocycles. The van der Waals surface area contributed by atoms with Crippen LogP contribution in [0.1, 0.15) is 26.4 Å². The largest absolute Gasteiger partial charge is 0.478 e. The molecule has 2 rings (SSSR count). The second-order valence-corrected chi connectivity index (χ2v) is 5.53. The summed E-state index contributed by atoms with van der Waals surface area (Å²) in [6.07, 6.45) is 1.32. The summed E-state index contributed by atoms with van der Waals surface area (Å²) >= 11 is 17.4. The van der Waals surface area contributed by atoms with Crippen LogP contribution in [0.2, 0.25) is 15.2 Å². The van der Waals surface area contributed by atoms with Crippen LogP contribution in [0.15, 0.2) is 29.4 Å². The molecule has 0 saturated carbocycles. The van der Waals surface area contributed by atoms with Crippen LogP contribution < -0.4 is 11.2 Å². The molecule has 0 aliphatic rings. The van der Waals surface area contributed by atoms with E-state index in [1.165, 1.54) is 30.5 Å². The first kappa shape index (κ1) is 18.0. The quantitative estimate of drug-likeness (QED) is 0.423. The van der Waals surface area contributed by atoms with E-state index in [-0.39, 0.29) is 32.1 Å². The number of halogens is 3. The van der Waals surface area contributed by atoms with Crippen LogP contribution in [0.4, 0.5) is 5.69 Å². The number of benzene rings is 1. The number of nitrogens with zero attached hydrogens (tertiary/aromatic N) is 2. The lowest BCUT2D eigenvalue weighted by atomic mass is 10.1. The van der Waals surface area contributed by atoms with E-state index in [9.17, 15) is 9.59 Å². The third-order valence-electron chi connectivity index (χ3n) is 2.82. The molecule has 7 nitrogen and oxygen atoms in total. The summed E-state index contributed by atoms with van der Waals surface area (Å²) in [7, 11) is 0. The number of carboxylic acids is 1. The Balaban J connectivity index is 2.12. The third-order valence-corrected chi connectivity index (χ3v) is 3.96. The summed E-state index contributed by atoms with van der Waals surface area (Å²) in [6, 6.07) is 5.87.